The van der Waals surface area contributed by atoms with E-state index in [-0.39, 0.29) is 21.9 Å². The Bertz CT molecular complexity index is 584. The third-order valence-electron chi connectivity index (χ3n) is 3.42. The molecule has 0 spiro atoms. The second-order valence-electron chi connectivity index (χ2n) is 4.70. The van der Waals surface area contributed by atoms with Gasteiger partial charge in [0.05, 0.1) is 6.20 Å². The molecule has 0 aliphatic heterocycles. The van der Waals surface area contributed by atoms with E-state index in [2.05, 4.69) is 14.9 Å². The maximum atomic E-state index is 12.3. The van der Waals surface area contributed by atoms with Crippen LogP contribution in [-0.4, -0.2) is 47.2 Å². The first kappa shape index (κ1) is 15.3. The highest BCUT2D eigenvalue weighted by Crippen LogP contribution is 2.28. The quantitative estimate of drug-likeness (QED) is 0.748. The van der Waals surface area contributed by atoms with Gasteiger partial charge in [0.15, 0.2) is 5.03 Å². The molecule has 0 amide bonds. The summed E-state index contributed by atoms with van der Waals surface area (Å²) in [6.07, 6.45) is 6.75. The average Bonchev–Trinajstić information content (AvgIpc) is 2.89. The molecule has 1 aromatic heterocycles. The zero-order chi connectivity index (χ0) is 14.8. The number of hydrogen-bond donors (Lipinski definition) is 3. The van der Waals surface area contributed by atoms with Crippen molar-refractivity contribution in [2.24, 2.45) is 0 Å². The lowest BCUT2D eigenvalue weighted by Crippen LogP contribution is -2.44. The number of carbonyl (C=O) groups is 1. The van der Waals surface area contributed by atoms with Gasteiger partial charge in [-0.3, -0.25) is 5.10 Å². The number of nitrogens with one attached hydrogen (secondary N) is 2. The first-order chi connectivity index (χ1) is 9.45. The van der Waals surface area contributed by atoms with E-state index in [0.29, 0.717) is 0 Å². The summed E-state index contributed by atoms with van der Waals surface area (Å²) in [5.41, 5.74) is -0.339. The summed E-state index contributed by atoms with van der Waals surface area (Å²) < 4.78 is 27.2. The van der Waals surface area contributed by atoms with Crippen LogP contribution in [0.2, 0.25) is 0 Å². The summed E-state index contributed by atoms with van der Waals surface area (Å²) in [5, 5.41) is 14.6. The number of carboxylic acids is 1. The lowest BCUT2D eigenvalue weighted by atomic mass is 9.96. The summed E-state index contributed by atoms with van der Waals surface area (Å²) in [5.74, 6) is -1.32. The number of hydrogen-bond acceptors (Lipinski definition) is 5. The standard InChI is InChI=1S/C11H17N3O4S2/c1-19-9-5-3-2-4-8(9)14-20(17,18)10-7(11(15)16)6-12-13-10/h6,8-9,14H,2-5H2,1H3,(H,12,13)(H,15,16). The van der Waals surface area contributed by atoms with Gasteiger partial charge in [-0.05, 0) is 19.1 Å². The maximum absolute atomic E-state index is 12.3. The number of carboxylic acid groups (broad SMARTS) is 1. The van der Waals surface area contributed by atoms with Crippen LogP contribution in [0.3, 0.4) is 0 Å². The van der Waals surface area contributed by atoms with Crippen LogP contribution in [0, 0.1) is 0 Å². The van der Waals surface area contributed by atoms with Gasteiger partial charge in [0.1, 0.15) is 5.56 Å². The molecule has 3 N–H and O–H groups in total. The third kappa shape index (κ3) is 3.15. The van der Waals surface area contributed by atoms with Crippen LogP contribution in [0.25, 0.3) is 0 Å². The predicted octanol–water partition coefficient (Wildman–Crippen LogP) is 1.06. The number of aromatic amines is 1. The van der Waals surface area contributed by atoms with Crippen molar-refractivity contribution in [1.82, 2.24) is 14.9 Å². The maximum Gasteiger partial charge on any atom is 0.340 e. The molecule has 0 aromatic carbocycles. The minimum absolute atomic E-state index is 0.173. The Morgan fingerprint density at radius 1 is 1.50 bits per heavy atom. The summed E-state index contributed by atoms with van der Waals surface area (Å²) in [7, 11) is -3.90. The molecule has 1 aliphatic carbocycles. The monoisotopic (exact) mass is 319 g/mol. The molecule has 0 saturated heterocycles. The smallest absolute Gasteiger partial charge is 0.340 e. The Labute approximate surface area is 121 Å². The molecule has 0 bridgehead atoms. The van der Waals surface area contributed by atoms with Crippen LogP contribution < -0.4 is 4.72 Å². The zero-order valence-corrected chi connectivity index (χ0v) is 12.6. The summed E-state index contributed by atoms with van der Waals surface area (Å²) in [6, 6.07) is -0.173. The normalized spacial score (nSPS) is 23.6. The zero-order valence-electron chi connectivity index (χ0n) is 11.0. The number of nitrogens with zero attached hydrogens (tertiary/aromatic N) is 1. The molecule has 1 fully saturated rings. The molecule has 7 nitrogen and oxygen atoms in total. The molecule has 1 heterocycles. The fourth-order valence-electron chi connectivity index (χ4n) is 2.40. The van der Waals surface area contributed by atoms with E-state index >= 15 is 0 Å². The molecule has 1 saturated carbocycles. The molecule has 112 valence electrons. The predicted molar refractivity (Wildman–Crippen MR) is 75.4 cm³/mol. The molecule has 2 rings (SSSR count). The van der Waals surface area contributed by atoms with Gasteiger partial charge < -0.3 is 5.11 Å². The second-order valence-corrected chi connectivity index (χ2v) is 7.43. The SMILES string of the molecule is CSC1CCCCC1NS(=O)(=O)c1[nH]ncc1C(=O)O. The van der Waals surface area contributed by atoms with Gasteiger partial charge in [0.2, 0.25) is 0 Å². The Morgan fingerprint density at radius 2 is 2.20 bits per heavy atom. The van der Waals surface area contributed by atoms with Gasteiger partial charge in [-0.2, -0.15) is 16.9 Å². The minimum atomic E-state index is -3.90. The highest BCUT2D eigenvalue weighted by molar-refractivity contribution is 7.99. The van der Waals surface area contributed by atoms with E-state index in [0.717, 1.165) is 31.9 Å². The lowest BCUT2D eigenvalue weighted by Gasteiger charge is -2.30. The van der Waals surface area contributed by atoms with Crippen molar-refractivity contribution in [1.29, 1.82) is 0 Å². The van der Waals surface area contributed by atoms with Crippen molar-refractivity contribution < 1.29 is 18.3 Å². The molecule has 1 aliphatic rings. The number of aromatic nitrogens is 2. The number of aromatic carboxylic acids is 1. The van der Waals surface area contributed by atoms with Crippen LogP contribution in [0.4, 0.5) is 0 Å². The van der Waals surface area contributed by atoms with Crippen LogP contribution in [0.5, 0.6) is 0 Å². The summed E-state index contributed by atoms with van der Waals surface area (Å²) >= 11 is 1.63. The number of thioether (sulfide) groups is 1. The van der Waals surface area contributed by atoms with E-state index in [1.807, 2.05) is 6.26 Å². The molecule has 1 aromatic rings. The van der Waals surface area contributed by atoms with Crippen molar-refractivity contribution in [3.05, 3.63) is 11.8 Å². The third-order valence-corrected chi connectivity index (χ3v) is 6.05. The van der Waals surface area contributed by atoms with Gasteiger partial charge >= 0.3 is 5.97 Å². The van der Waals surface area contributed by atoms with Crippen molar-refractivity contribution in [3.63, 3.8) is 0 Å². The number of rotatable bonds is 5. The van der Waals surface area contributed by atoms with E-state index in [4.69, 9.17) is 5.11 Å². The largest absolute Gasteiger partial charge is 0.478 e. The van der Waals surface area contributed by atoms with Gasteiger partial charge in [-0.1, -0.05) is 12.8 Å². The number of H-pyrrole nitrogens is 1. The van der Waals surface area contributed by atoms with Crippen LogP contribution in [0.1, 0.15) is 36.0 Å². The van der Waals surface area contributed by atoms with Crippen LogP contribution in [0.15, 0.2) is 11.2 Å². The fourth-order valence-corrected chi connectivity index (χ4v) is 4.83. The summed E-state index contributed by atoms with van der Waals surface area (Å²) in [4.78, 5) is 11.0. The Balaban J connectivity index is 2.22. The van der Waals surface area contributed by atoms with Crippen molar-refractivity contribution in [3.8, 4) is 0 Å². The second kappa shape index (κ2) is 6.15. The topological polar surface area (TPSA) is 112 Å². The van der Waals surface area contributed by atoms with Crippen LogP contribution in [-0.2, 0) is 10.0 Å². The number of sulfonamides is 1. The van der Waals surface area contributed by atoms with E-state index in [1.165, 1.54) is 0 Å². The van der Waals surface area contributed by atoms with Gasteiger partial charge in [-0.25, -0.2) is 17.9 Å². The van der Waals surface area contributed by atoms with Crippen LogP contribution >= 0.6 is 11.8 Å². The van der Waals surface area contributed by atoms with Crippen molar-refractivity contribution in [2.75, 3.05) is 6.26 Å². The lowest BCUT2D eigenvalue weighted by molar-refractivity contribution is 0.0692. The minimum Gasteiger partial charge on any atom is -0.478 e. The first-order valence-electron chi connectivity index (χ1n) is 6.27. The first-order valence-corrected chi connectivity index (χ1v) is 9.04. The van der Waals surface area contributed by atoms with Gasteiger partial charge in [0.25, 0.3) is 10.0 Å². The molecular weight excluding hydrogens is 302 g/mol. The Morgan fingerprint density at radius 3 is 2.85 bits per heavy atom. The van der Waals surface area contributed by atoms with Gasteiger partial charge in [0, 0.05) is 11.3 Å². The molecular formula is C11H17N3O4S2. The molecule has 9 heteroatoms. The van der Waals surface area contributed by atoms with Crippen molar-refractivity contribution >= 4 is 27.8 Å². The molecule has 20 heavy (non-hydrogen) atoms. The molecule has 2 atom stereocenters. The Kier molecular flexibility index (Phi) is 4.71. The highest BCUT2D eigenvalue weighted by atomic mass is 32.2. The Hall–Kier alpha value is -1.06. The highest BCUT2D eigenvalue weighted by Gasteiger charge is 2.32. The average molecular weight is 319 g/mol. The fraction of sp³-hybridized carbons (Fsp3) is 0.636. The van der Waals surface area contributed by atoms with Gasteiger partial charge in [-0.15, -0.1) is 0 Å². The van der Waals surface area contributed by atoms with E-state index in [1.54, 1.807) is 11.8 Å². The molecule has 0 radical (unpaired) electrons. The molecule has 2 unspecified atom stereocenters. The summed E-state index contributed by atoms with van der Waals surface area (Å²) in [6.45, 7) is 0. The van der Waals surface area contributed by atoms with Crippen molar-refractivity contribution in [2.45, 2.75) is 42.0 Å². The van der Waals surface area contributed by atoms with E-state index in [9.17, 15) is 13.2 Å². The van der Waals surface area contributed by atoms with E-state index < -0.39 is 16.0 Å².